The number of nitrogens with zero attached hydrogens (tertiary/aromatic N) is 1. The normalized spacial score (nSPS) is 31.6. The zero-order valence-corrected chi connectivity index (χ0v) is 12.1. The third kappa shape index (κ3) is 4.80. The minimum atomic E-state index is 0.824. The van der Waals surface area contributed by atoms with E-state index in [1.54, 1.807) is 0 Å². The van der Waals surface area contributed by atoms with Gasteiger partial charge in [0, 0.05) is 30.1 Å². The molecule has 2 fully saturated rings. The predicted octanol–water partition coefficient (Wildman–Crippen LogP) is 2.74. The third-order valence-corrected chi connectivity index (χ3v) is 5.49. The van der Waals surface area contributed by atoms with E-state index in [0.717, 1.165) is 11.3 Å². The summed E-state index contributed by atoms with van der Waals surface area (Å²) in [5.74, 6) is 1.35. The van der Waals surface area contributed by atoms with Crippen LogP contribution in [0.25, 0.3) is 0 Å². The molecule has 0 aromatic heterocycles. The minimum Gasteiger partial charge on any atom is -0.314 e. The quantitative estimate of drug-likeness (QED) is 0.814. The first-order valence-electron chi connectivity index (χ1n) is 7.46. The van der Waals surface area contributed by atoms with Crippen LogP contribution in [0.5, 0.6) is 0 Å². The first kappa shape index (κ1) is 13.7. The van der Waals surface area contributed by atoms with Gasteiger partial charge in [0.2, 0.25) is 0 Å². The lowest BCUT2D eigenvalue weighted by atomic mass is 10.0. The second kappa shape index (κ2) is 7.65. The second-order valence-electron chi connectivity index (χ2n) is 5.49. The maximum atomic E-state index is 3.65. The lowest BCUT2D eigenvalue weighted by molar-refractivity contribution is 0.264. The van der Waals surface area contributed by atoms with Crippen molar-refractivity contribution in [2.75, 3.05) is 31.9 Å². The highest BCUT2D eigenvalue weighted by Gasteiger charge is 2.19. The molecular weight excluding hydrogens is 228 g/mol. The van der Waals surface area contributed by atoms with E-state index in [1.807, 2.05) is 0 Å². The molecule has 2 aliphatic rings. The van der Waals surface area contributed by atoms with Gasteiger partial charge in [-0.05, 0) is 45.2 Å². The highest BCUT2D eigenvalue weighted by Crippen LogP contribution is 2.21. The van der Waals surface area contributed by atoms with Crippen LogP contribution < -0.4 is 5.32 Å². The molecule has 0 aromatic carbocycles. The van der Waals surface area contributed by atoms with Gasteiger partial charge in [0.15, 0.2) is 0 Å². The van der Waals surface area contributed by atoms with Gasteiger partial charge in [0.1, 0.15) is 0 Å². The molecular formula is C14H28N2S. The van der Waals surface area contributed by atoms with E-state index in [0.29, 0.717) is 0 Å². The zero-order valence-electron chi connectivity index (χ0n) is 11.3. The summed E-state index contributed by atoms with van der Waals surface area (Å²) in [7, 11) is 0. The summed E-state index contributed by atoms with van der Waals surface area (Å²) < 4.78 is 0. The fourth-order valence-electron chi connectivity index (χ4n) is 2.96. The largest absolute Gasteiger partial charge is 0.314 e. The molecule has 100 valence electrons. The van der Waals surface area contributed by atoms with E-state index in [9.17, 15) is 0 Å². The topological polar surface area (TPSA) is 15.3 Å². The number of piperidine rings is 1. The van der Waals surface area contributed by atoms with Gasteiger partial charge in [-0.15, -0.1) is 0 Å². The lowest BCUT2D eigenvalue weighted by Crippen LogP contribution is -2.39. The van der Waals surface area contributed by atoms with Crippen molar-refractivity contribution in [3.63, 3.8) is 0 Å². The standard InChI is InChI=1S/C14H28N2S/c1-2-14-12-16(10-11-17-14)9-5-7-13-6-3-4-8-15-13/h13-15H,2-12H2,1H3. The van der Waals surface area contributed by atoms with Gasteiger partial charge >= 0.3 is 0 Å². The van der Waals surface area contributed by atoms with Crippen molar-refractivity contribution in [3.8, 4) is 0 Å². The molecule has 1 N–H and O–H groups in total. The average molecular weight is 256 g/mol. The van der Waals surface area contributed by atoms with Crippen LogP contribution in [0.4, 0.5) is 0 Å². The summed E-state index contributed by atoms with van der Waals surface area (Å²) in [6.07, 6.45) is 8.35. The van der Waals surface area contributed by atoms with Crippen molar-refractivity contribution in [2.45, 2.75) is 56.7 Å². The van der Waals surface area contributed by atoms with Gasteiger partial charge in [-0.2, -0.15) is 11.8 Å². The summed E-state index contributed by atoms with van der Waals surface area (Å²) in [6, 6.07) is 0.824. The van der Waals surface area contributed by atoms with Crippen LogP contribution in [0.3, 0.4) is 0 Å². The summed E-state index contributed by atoms with van der Waals surface area (Å²) >= 11 is 2.17. The molecule has 0 radical (unpaired) electrons. The minimum absolute atomic E-state index is 0.824. The number of thioether (sulfide) groups is 1. The van der Waals surface area contributed by atoms with Crippen LogP contribution in [0, 0.1) is 0 Å². The Kier molecular flexibility index (Phi) is 6.16. The average Bonchev–Trinajstić information content (AvgIpc) is 2.40. The van der Waals surface area contributed by atoms with Crippen molar-refractivity contribution < 1.29 is 0 Å². The Bertz CT molecular complexity index is 204. The second-order valence-corrected chi connectivity index (χ2v) is 6.90. The lowest BCUT2D eigenvalue weighted by Gasteiger charge is -2.32. The zero-order chi connectivity index (χ0) is 11.9. The predicted molar refractivity (Wildman–Crippen MR) is 77.9 cm³/mol. The van der Waals surface area contributed by atoms with E-state index in [4.69, 9.17) is 0 Å². The SMILES string of the molecule is CCC1CN(CCCC2CCCCN2)CCS1. The molecule has 0 amide bonds. The van der Waals surface area contributed by atoms with Crippen LogP contribution in [0.2, 0.25) is 0 Å². The van der Waals surface area contributed by atoms with E-state index >= 15 is 0 Å². The van der Waals surface area contributed by atoms with Crippen LogP contribution in [-0.2, 0) is 0 Å². The Labute approximate surface area is 111 Å². The Balaban J connectivity index is 1.57. The molecule has 17 heavy (non-hydrogen) atoms. The fourth-order valence-corrected chi connectivity index (χ4v) is 4.21. The van der Waals surface area contributed by atoms with Crippen LogP contribution >= 0.6 is 11.8 Å². The number of rotatable bonds is 5. The first-order valence-corrected chi connectivity index (χ1v) is 8.50. The molecule has 2 aliphatic heterocycles. The van der Waals surface area contributed by atoms with Gasteiger partial charge in [0.25, 0.3) is 0 Å². The smallest absolute Gasteiger partial charge is 0.0172 e. The summed E-state index contributed by atoms with van der Waals surface area (Å²) in [4.78, 5) is 2.69. The molecule has 2 unspecified atom stereocenters. The van der Waals surface area contributed by atoms with Gasteiger partial charge in [-0.25, -0.2) is 0 Å². The van der Waals surface area contributed by atoms with Crippen molar-refractivity contribution in [1.29, 1.82) is 0 Å². The fraction of sp³-hybridized carbons (Fsp3) is 1.00. The number of nitrogens with one attached hydrogen (secondary N) is 1. The molecule has 2 atom stereocenters. The molecule has 0 saturated carbocycles. The van der Waals surface area contributed by atoms with Gasteiger partial charge in [-0.1, -0.05) is 13.3 Å². The molecule has 2 rings (SSSR count). The molecule has 0 bridgehead atoms. The van der Waals surface area contributed by atoms with Crippen molar-refractivity contribution in [1.82, 2.24) is 10.2 Å². The van der Waals surface area contributed by atoms with E-state index in [1.165, 1.54) is 70.5 Å². The van der Waals surface area contributed by atoms with Gasteiger partial charge < -0.3 is 10.2 Å². The molecule has 3 heteroatoms. The Hall–Kier alpha value is 0.270. The van der Waals surface area contributed by atoms with Crippen molar-refractivity contribution in [3.05, 3.63) is 0 Å². The molecule has 0 spiro atoms. The summed E-state index contributed by atoms with van der Waals surface area (Å²) in [5, 5.41) is 4.55. The summed E-state index contributed by atoms with van der Waals surface area (Å²) in [6.45, 7) is 7.56. The number of hydrogen-bond donors (Lipinski definition) is 1. The Morgan fingerprint density at radius 3 is 3.06 bits per heavy atom. The molecule has 2 heterocycles. The third-order valence-electron chi connectivity index (χ3n) is 4.12. The number of hydrogen-bond acceptors (Lipinski definition) is 3. The monoisotopic (exact) mass is 256 g/mol. The molecule has 2 nitrogen and oxygen atoms in total. The van der Waals surface area contributed by atoms with Crippen LogP contribution in [-0.4, -0.2) is 48.1 Å². The van der Waals surface area contributed by atoms with Crippen LogP contribution in [0.1, 0.15) is 45.4 Å². The maximum absolute atomic E-state index is 3.65. The Morgan fingerprint density at radius 2 is 2.29 bits per heavy atom. The van der Waals surface area contributed by atoms with E-state index in [2.05, 4.69) is 28.9 Å². The van der Waals surface area contributed by atoms with Gasteiger partial charge in [0.05, 0.1) is 0 Å². The van der Waals surface area contributed by atoms with E-state index < -0.39 is 0 Å². The molecule has 2 saturated heterocycles. The van der Waals surface area contributed by atoms with E-state index in [-0.39, 0.29) is 0 Å². The Morgan fingerprint density at radius 1 is 1.35 bits per heavy atom. The maximum Gasteiger partial charge on any atom is 0.0172 e. The molecule has 0 aromatic rings. The van der Waals surface area contributed by atoms with Crippen molar-refractivity contribution in [2.24, 2.45) is 0 Å². The highest BCUT2D eigenvalue weighted by molar-refractivity contribution is 8.00. The summed E-state index contributed by atoms with van der Waals surface area (Å²) in [5.41, 5.74) is 0. The molecule has 0 aliphatic carbocycles. The highest BCUT2D eigenvalue weighted by atomic mass is 32.2. The van der Waals surface area contributed by atoms with Crippen molar-refractivity contribution >= 4 is 11.8 Å². The van der Waals surface area contributed by atoms with Gasteiger partial charge in [-0.3, -0.25) is 0 Å². The first-order chi connectivity index (χ1) is 8.38. The van der Waals surface area contributed by atoms with Crippen LogP contribution in [0.15, 0.2) is 0 Å².